The van der Waals surface area contributed by atoms with Crippen LogP contribution in [0.1, 0.15) is 33.3 Å². The number of hydrogen-bond donors (Lipinski definition) is 2. The Labute approximate surface area is 204 Å². The van der Waals surface area contributed by atoms with Crippen molar-refractivity contribution in [3.05, 3.63) is 84.4 Å². The van der Waals surface area contributed by atoms with E-state index in [1.165, 1.54) is 12.1 Å². The number of benzene rings is 2. The van der Waals surface area contributed by atoms with E-state index in [2.05, 4.69) is 20.3 Å². The van der Waals surface area contributed by atoms with Crippen molar-refractivity contribution in [2.75, 3.05) is 0 Å². The number of fused-ring (bicyclic) bond motifs is 1. The Morgan fingerprint density at radius 1 is 1.14 bits per heavy atom. The molecule has 0 saturated heterocycles. The minimum Gasteiger partial charge on any atom is -0.444 e. The minimum absolute atomic E-state index is 0.283. The van der Waals surface area contributed by atoms with E-state index in [1.807, 2.05) is 76.4 Å². The third kappa shape index (κ3) is 6.32. The van der Waals surface area contributed by atoms with Crippen LogP contribution < -0.4 is 5.32 Å². The number of aromatic amines is 1. The van der Waals surface area contributed by atoms with E-state index in [0.29, 0.717) is 18.0 Å². The number of aromatic nitrogens is 2. The van der Waals surface area contributed by atoms with Gasteiger partial charge in [-0.1, -0.05) is 30.3 Å². The third-order valence-corrected chi connectivity index (χ3v) is 5.47. The Morgan fingerprint density at radius 3 is 2.60 bits per heavy atom. The molecule has 0 fully saturated rings. The van der Waals surface area contributed by atoms with Gasteiger partial charge in [-0.15, -0.1) is 0 Å². The number of carbonyl (C=O) groups is 1. The van der Waals surface area contributed by atoms with Gasteiger partial charge in [-0.3, -0.25) is 0 Å². The topological polar surface area (TPSA) is 79.4 Å². The number of H-pyrrole nitrogens is 1. The molecule has 0 aliphatic rings. The van der Waals surface area contributed by atoms with Crippen molar-refractivity contribution in [3.63, 3.8) is 0 Å². The molecule has 0 saturated carbocycles. The molecule has 180 valence electrons. The average Bonchev–Trinajstić information content (AvgIpc) is 3.21. The van der Waals surface area contributed by atoms with E-state index in [0.717, 1.165) is 27.6 Å². The molecule has 4 aromatic rings. The molecule has 4 rings (SSSR count). The van der Waals surface area contributed by atoms with Crippen LogP contribution in [0.2, 0.25) is 0 Å². The highest BCUT2D eigenvalue weighted by atomic mass is 19.1. The fourth-order valence-electron chi connectivity index (χ4n) is 3.81. The third-order valence-electron chi connectivity index (χ3n) is 5.47. The quantitative estimate of drug-likeness (QED) is 0.310. The van der Waals surface area contributed by atoms with Gasteiger partial charge in [0.15, 0.2) is 5.82 Å². The highest BCUT2D eigenvalue weighted by Gasteiger charge is 2.21. The van der Waals surface area contributed by atoms with E-state index in [1.54, 1.807) is 12.3 Å². The van der Waals surface area contributed by atoms with E-state index in [9.17, 15) is 9.18 Å². The van der Waals surface area contributed by atoms with Crippen LogP contribution in [0.4, 0.5) is 15.0 Å². The number of carbonyl (C=O) groups excluding carboxylic acids is 1. The first-order chi connectivity index (χ1) is 16.7. The molecule has 0 aliphatic carbocycles. The maximum Gasteiger partial charge on any atom is 0.408 e. The first-order valence-electron chi connectivity index (χ1n) is 11.5. The summed E-state index contributed by atoms with van der Waals surface area (Å²) in [4.78, 5) is 24.8. The van der Waals surface area contributed by atoms with Crippen molar-refractivity contribution >= 4 is 28.5 Å². The summed E-state index contributed by atoms with van der Waals surface area (Å²) in [5, 5.41) is 3.87. The summed E-state index contributed by atoms with van der Waals surface area (Å²) in [5.74, 6) is 0.246. The first kappa shape index (κ1) is 24.1. The Balaban J connectivity index is 1.56. The number of alkyl carbamates (subject to hydrolysis) is 1. The maximum atomic E-state index is 13.5. The zero-order valence-electron chi connectivity index (χ0n) is 20.3. The molecule has 0 radical (unpaired) electrons. The van der Waals surface area contributed by atoms with Crippen molar-refractivity contribution in [1.29, 1.82) is 0 Å². The Bertz CT molecular complexity index is 1340. The highest BCUT2D eigenvalue weighted by molar-refractivity contribution is 5.95. The Kier molecular flexibility index (Phi) is 6.96. The monoisotopic (exact) mass is 472 g/mol. The zero-order valence-corrected chi connectivity index (χ0v) is 20.3. The van der Waals surface area contributed by atoms with Crippen LogP contribution in [-0.2, 0) is 11.2 Å². The van der Waals surface area contributed by atoms with Gasteiger partial charge in [-0.05, 0) is 70.0 Å². The predicted molar refractivity (Wildman–Crippen MR) is 138 cm³/mol. The molecule has 2 aromatic heterocycles. The summed E-state index contributed by atoms with van der Waals surface area (Å²) >= 11 is 0. The summed E-state index contributed by atoms with van der Waals surface area (Å²) in [6, 6.07) is 18.0. The number of rotatable bonds is 6. The number of nitrogens with one attached hydrogen (secondary N) is 2. The lowest BCUT2D eigenvalue weighted by molar-refractivity contribution is 0.0518. The molecule has 2 aromatic carbocycles. The lowest BCUT2D eigenvalue weighted by atomic mass is 10.0. The van der Waals surface area contributed by atoms with Gasteiger partial charge in [0.2, 0.25) is 0 Å². The molecule has 1 atom stereocenters. The van der Waals surface area contributed by atoms with Gasteiger partial charge in [-0.25, -0.2) is 19.2 Å². The van der Waals surface area contributed by atoms with Gasteiger partial charge >= 0.3 is 6.09 Å². The molecule has 1 amide bonds. The number of pyridine rings is 1. The largest absolute Gasteiger partial charge is 0.444 e. The summed E-state index contributed by atoms with van der Waals surface area (Å²) in [6.07, 6.45) is 3.66. The van der Waals surface area contributed by atoms with Crippen LogP contribution in [0.5, 0.6) is 0 Å². The number of ether oxygens (including phenoxy) is 1. The smallest absolute Gasteiger partial charge is 0.408 e. The van der Waals surface area contributed by atoms with Gasteiger partial charge in [0.25, 0.3) is 0 Å². The van der Waals surface area contributed by atoms with E-state index >= 15 is 0 Å². The normalized spacial score (nSPS) is 13.0. The minimum atomic E-state index is -0.599. The summed E-state index contributed by atoms with van der Waals surface area (Å²) in [7, 11) is 0. The van der Waals surface area contributed by atoms with Gasteiger partial charge < -0.3 is 15.0 Å². The van der Waals surface area contributed by atoms with Gasteiger partial charge in [0.05, 0.1) is 6.04 Å². The Morgan fingerprint density at radius 2 is 1.91 bits per heavy atom. The molecular weight excluding hydrogens is 443 g/mol. The van der Waals surface area contributed by atoms with E-state index in [-0.39, 0.29) is 11.9 Å². The van der Waals surface area contributed by atoms with Gasteiger partial charge in [0, 0.05) is 40.1 Å². The van der Waals surface area contributed by atoms with Crippen LogP contribution in [-0.4, -0.2) is 33.4 Å². The van der Waals surface area contributed by atoms with Crippen molar-refractivity contribution in [2.45, 2.75) is 45.8 Å². The lowest BCUT2D eigenvalue weighted by Gasteiger charge is -2.24. The summed E-state index contributed by atoms with van der Waals surface area (Å²) < 4.78 is 19.0. The van der Waals surface area contributed by atoms with Crippen LogP contribution in [0.15, 0.2) is 78.0 Å². The van der Waals surface area contributed by atoms with Crippen molar-refractivity contribution in [3.8, 4) is 11.1 Å². The summed E-state index contributed by atoms with van der Waals surface area (Å²) in [5.41, 5.74) is 3.75. The number of hydrogen-bond acceptors (Lipinski definition) is 4. The molecule has 0 aliphatic heterocycles. The van der Waals surface area contributed by atoms with E-state index < -0.39 is 11.7 Å². The van der Waals surface area contributed by atoms with Gasteiger partial charge in [-0.2, -0.15) is 0 Å². The van der Waals surface area contributed by atoms with Crippen LogP contribution in [0, 0.1) is 5.82 Å². The molecule has 35 heavy (non-hydrogen) atoms. The molecule has 2 N–H and O–H groups in total. The predicted octanol–water partition coefficient (Wildman–Crippen LogP) is 6.60. The highest BCUT2D eigenvalue weighted by Crippen LogP contribution is 2.29. The molecule has 0 spiro atoms. The van der Waals surface area contributed by atoms with E-state index in [4.69, 9.17) is 4.74 Å². The average molecular weight is 473 g/mol. The van der Waals surface area contributed by atoms with Crippen LogP contribution in [0.25, 0.3) is 22.0 Å². The maximum absolute atomic E-state index is 13.5. The molecule has 0 bridgehead atoms. The number of aliphatic imine (C=N–C) groups is 1. The van der Waals surface area contributed by atoms with Crippen molar-refractivity contribution < 1.29 is 13.9 Å². The second-order valence-corrected chi connectivity index (χ2v) is 9.44. The fourth-order valence-corrected chi connectivity index (χ4v) is 3.81. The zero-order chi connectivity index (χ0) is 25.0. The first-order valence-corrected chi connectivity index (χ1v) is 11.5. The van der Waals surface area contributed by atoms with Crippen molar-refractivity contribution in [1.82, 2.24) is 15.3 Å². The number of nitrogens with zero attached hydrogens (tertiary/aromatic N) is 2. The molecular formula is C28H29FN4O2. The van der Waals surface area contributed by atoms with Gasteiger partial charge in [0.1, 0.15) is 11.4 Å². The summed E-state index contributed by atoms with van der Waals surface area (Å²) in [6.45, 7) is 7.36. The van der Waals surface area contributed by atoms with Crippen LogP contribution in [0.3, 0.4) is 0 Å². The fraction of sp³-hybridized carbons (Fsp3) is 0.250. The lowest BCUT2D eigenvalue weighted by Crippen LogP contribution is -2.44. The standard InChI is InChI=1S/C28H29FN4O2/c1-18(24(14-19-8-6-5-7-9-19)33-27(34)35-28(2,3)4)32-26-13-10-20(16-31-26)23-17-30-25-15-21(29)11-12-22(23)25/h5-13,15-17,24,30H,14H2,1-4H3,(H,33,34). The van der Waals surface area contributed by atoms with Crippen LogP contribution >= 0.6 is 0 Å². The second kappa shape index (κ2) is 10.1. The molecule has 2 heterocycles. The van der Waals surface area contributed by atoms with Crippen molar-refractivity contribution in [2.24, 2.45) is 4.99 Å². The SMILES string of the molecule is CC(=Nc1ccc(-c2c[nH]c3cc(F)ccc23)cn1)C(Cc1ccccc1)NC(=O)OC(C)(C)C. The molecule has 1 unspecified atom stereocenters. The second-order valence-electron chi connectivity index (χ2n) is 9.44. The number of amides is 1. The molecule has 7 heteroatoms. The number of halogens is 1. The molecule has 6 nitrogen and oxygen atoms in total. The Hall–Kier alpha value is -4.00.